The van der Waals surface area contributed by atoms with Gasteiger partial charge in [-0.2, -0.15) is 4.36 Å². The first-order valence-electron chi connectivity index (χ1n) is 9.13. The lowest BCUT2D eigenvalue weighted by Gasteiger charge is -2.06. The Hall–Kier alpha value is -3.05. The van der Waals surface area contributed by atoms with Crippen molar-refractivity contribution in [1.82, 2.24) is 4.98 Å². The second kappa shape index (κ2) is 10.0. The van der Waals surface area contributed by atoms with Crippen LogP contribution in [0.3, 0.4) is 0 Å². The third-order valence-corrected chi connectivity index (χ3v) is 6.31. The molecule has 0 fully saturated rings. The Bertz CT molecular complexity index is 1350. The first-order valence-corrected chi connectivity index (χ1v) is 11.8. The van der Waals surface area contributed by atoms with Gasteiger partial charge in [-0.3, -0.25) is 9.78 Å². The number of rotatable bonds is 4. The molecule has 3 aromatic rings. The Morgan fingerprint density at radius 2 is 1.59 bits per heavy atom. The van der Waals surface area contributed by atoms with Crippen molar-refractivity contribution in [2.75, 3.05) is 20.5 Å². The lowest BCUT2D eigenvalue weighted by atomic mass is 10.1. The summed E-state index contributed by atoms with van der Waals surface area (Å²) in [5, 5.41) is 0.609. The number of benzene rings is 2. The van der Waals surface area contributed by atoms with E-state index in [4.69, 9.17) is 32.7 Å². The second-order valence-corrected chi connectivity index (χ2v) is 9.72. The van der Waals surface area contributed by atoms with Gasteiger partial charge >= 0.3 is 0 Å². The van der Waals surface area contributed by atoms with Gasteiger partial charge in [-0.1, -0.05) is 35.0 Å². The molecule has 32 heavy (non-hydrogen) atoms. The minimum absolute atomic E-state index is 0.159. The van der Waals surface area contributed by atoms with E-state index in [1.165, 1.54) is 42.9 Å². The molecule has 1 amide bonds. The minimum atomic E-state index is -3.07. The van der Waals surface area contributed by atoms with E-state index in [2.05, 4.69) is 21.2 Å². The van der Waals surface area contributed by atoms with Crippen molar-refractivity contribution in [1.29, 1.82) is 0 Å². The zero-order valence-corrected chi connectivity index (χ0v) is 19.7. The Balaban J connectivity index is 1.90. The largest absolute Gasteiger partial charge is 0.493 e. The summed E-state index contributed by atoms with van der Waals surface area (Å²) in [7, 11) is 0.0278. The summed E-state index contributed by atoms with van der Waals surface area (Å²) in [6.45, 7) is 0. The van der Waals surface area contributed by atoms with Gasteiger partial charge in [-0.15, -0.1) is 0 Å². The van der Waals surface area contributed by atoms with E-state index in [0.717, 1.165) is 0 Å². The summed E-state index contributed by atoms with van der Waals surface area (Å²) in [5.41, 5.74) is 1.35. The number of hydrogen-bond acceptors (Lipinski definition) is 5. The van der Waals surface area contributed by atoms with E-state index < -0.39 is 15.6 Å². The minimum Gasteiger partial charge on any atom is -0.493 e. The fraction of sp³-hybridized carbons (Fsp3) is 0.130. The van der Waals surface area contributed by atoms with Gasteiger partial charge in [0.25, 0.3) is 5.91 Å². The molecule has 3 rings (SSSR count). The third-order valence-electron chi connectivity index (χ3n) is 4.25. The molecule has 0 saturated carbocycles. The highest BCUT2D eigenvalue weighted by atomic mass is 35.5. The topological polar surface area (TPSA) is 77.9 Å². The second-order valence-electron chi connectivity index (χ2n) is 6.59. The number of amides is 1. The van der Waals surface area contributed by atoms with Crippen molar-refractivity contribution >= 4 is 38.8 Å². The molecule has 0 saturated heterocycles. The molecule has 0 aliphatic heterocycles. The molecule has 1 atom stereocenters. The fourth-order valence-electron chi connectivity index (χ4n) is 2.69. The molecule has 0 aliphatic carbocycles. The number of carbonyl (C=O) groups is 1. The number of pyridine rings is 1. The SMILES string of the molecule is COc1ccc(C#Cc2cncc(C(=O)N=S(C)(=O)c3cc(Cl)cc(Cl)c3)c2)cc1OC. The van der Waals surface area contributed by atoms with Gasteiger partial charge in [0.1, 0.15) is 0 Å². The van der Waals surface area contributed by atoms with Gasteiger partial charge in [0.2, 0.25) is 0 Å². The third kappa shape index (κ3) is 5.80. The van der Waals surface area contributed by atoms with Crippen LogP contribution in [-0.2, 0) is 9.73 Å². The molecule has 0 N–H and O–H groups in total. The molecule has 2 aromatic carbocycles. The highest BCUT2D eigenvalue weighted by molar-refractivity contribution is 7.93. The molecule has 0 radical (unpaired) electrons. The predicted octanol–water partition coefficient (Wildman–Crippen LogP) is 5.10. The highest BCUT2D eigenvalue weighted by Gasteiger charge is 2.13. The molecular weight excluding hydrogens is 471 g/mol. The standard InChI is InChI=1S/C23H18Cl2N2O4S/c1-30-21-7-6-15(9-22(21)31-2)4-5-16-8-17(14-26-13-16)23(28)27-32(3,29)20-11-18(24)10-19(25)12-20/h6-14H,1-3H3. The van der Waals surface area contributed by atoms with Crippen molar-refractivity contribution in [2.45, 2.75) is 4.90 Å². The van der Waals surface area contributed by atoms with E-state index in [9.17, 15) is 9.00 Å². The molecule has 1 aromatic heterocycles. The average Bonchev–Trinajstić information content (AvgIpc) is 2.76. The fourth-order valence-corrected chi connectivity index (χ4v) is 4.57. The molecule has 0 spiro atoms. The highest BCUT2D eigenvalue weighted by Crippen LogP contribution is 2.27. The molecular formula is C23H18Cl2N2O4S. The van der Waals surface area contributed by atoms with Crippen LogP contribution in [0.1, 0.15) is 21.5 Å². The summed E-state index contributed by atoms with van der Waals surface area (Å²) in [5.74, 6) is 6.40. The lowest BCUT2D eigenvalue weighted by Crippen LogP contribution is -2.04. The van der Waals surface area contributed by atoms with Gasteiger partial charge in [0.05, 0.1) is 34.4 Å². The number of methoxy groups -OCH3 is 2. The number of halogens is 2. The Morgan fingerprint density at radius 1 is 0.938 bits per heavy atom. The van der Waals surface area contributed by atoms with Crippen LogP contribution >= 0.6 is 23.2 Å². The van der Waals surface area contributed by atoms with Crippen LogP contribution in [0, 0.1) is 11.8 Å². The van der Waals surface area contributed by atoms with E-state index >= 15 is 0 Å². The maximum atomic E-state index is 13.0. The normalized spacial score (nSPS) is 12.2. The van der Waals surface area contributed by atoms with Gasteiger partial charge in [-0.05, 0) is 42.5 Å². The number of carbonyl (C=O) groups excluding carboxylic acids is 1. The van der Waals surface area contributed by atoms with Crippen LogP contribution in [-0.4, -0.2) is 35.6 Å². The first-order chi connectivity index (χ1) is 15.2. The van der Waals surface area contributed by atoms with Crippen LogP contribution in [0.5, 0.6) is 11.5 Å². The molecule has 0 bridgehead atoms. The number of hydrogen-bond donors (Lipinski definition) is 0. The monoisotopic (exact) mass is 488 g/mol. The quantitative estimate of drug-likeness (QED) is 0.477. The first kappa shape index (κ1) is 23.6. The van der Waals surface area contributed by atoms with Crippen molar-refractivity contribution in [3.8, 4) is 23.3 Å². The van der Waals surface area contributed by atoms with Crippen LogP contribution in [0.4, 0.5) is 0 Å². The van der Waals surface area contributed by atoms with E-state index in [0.29, 0.717) is 32.7 Å². The summed E-state index contributed by atoms with van der Waals surface area (Å²) >= 11 is 12.0. The van der Waals surface area contributed by atoms with Gasteiger partial charge < -0.3 is 9.47 Å². The summed E-state index contributed by atoms with van der Waals surface area (Å²) < 4.78 is 27.4. The zero-order chi connectivity index (χ0) is 23.3. The zero-order valence-electron chi connectivity index (χ0n) is 17.4. The van der Waals surface area contributed by atoms with Crippen LogP contribution in [0.25, 0.3) is 0 Å². The molecule has 6 nitrogen and oxygen atoms in total. The molecule has 1 unspecified atom stereocenters. The van der Waals surface area contributed by atoms with E-state index in [1.54, 1.807) is 32.4 Å². The van der Waals surface area contributed by atoms with Crippen molar-refractivity contribution in [3.05, 3.63) is 81.6 Å². The molecule has 0 aliphatic rings. The van der Waals surface area contributed by atoms with Gasteiger partial charge in [0.15, 0.2) is 11.5 Å². The van der Waals surface area contributed by atoms with Crippen molar-refractivity contribution in [3.63, 3.8) is 0 Å². The maximum absolute atomic E-state index is 13.0. The summed E-state index contributed by atoms with van der Waals surface area (Å²) in [6.07, 6.45) is 4.21. The summed E-state index contributed by atoms with van der Waals surface area (Å²) in [4.78, 5) is 17.0. The smallest absolute Gasteiger partial charge is 0.286 e. The van der Waals surface area contributed by atoms with Crippen molar-refractivity contribution in [2.24, 2.45) is 4.36 Å². The Labute approximate surface area is 196 Å². The Morgan fingerprint density at radius 3 is 2.25 bits per heavy atom. The number of ether oxygens (including phenoxy) is 2. The predicted molar refractivity (Wildman–Crippen MR) is 125 cm³/mol. The van der Waals surface area contributed by atoms with Crippen molar-refractivity contribution < 1.29 is 18.5 Å². The number of nitrogens with zero attached hydrogens (tertiary/aromatic N) is 2. The molecule has 9 heteroatoms. The maximum Gasteiger partial charge on any atom is 0.286 e. The van der Waals surface area contributed by atoms with Crippen LogP contribution < -0.4 is 9.47 Å². The average molecular weight is 489 g/mol. The van der Waals surface area contributed by atoms with E-state index in [1.807, 2.05) is 0 Å². The van der Waals surface area contributed by atoms with Crippen LogP contribution in [0.2, 0.25) is 10.0 Å². The number of aromatic nitrogens is 1. The van der Waals surface area contributed by atoms with Crippen LogP contribution in [0.15, 0.2) is 64.1 Å². The lowest BCUT2D eigenvalue weighted by molar-refractivity contribution is 0.100. The molecule has 164 valence electrons. The van der Waals surface area contributed by atoms with E-state index in [-0.39, 0.29) is 10.5 Å². The van der Waals surface area contributed by atoms with Gasteiger partial charge in [-0.25, -0.2) is 4.21 Å². The summed E-state index contributed by atoms with van der Waals surface area (Å²) in [6, 6.07) is 11.3. The molecule has 1 heterocycles. The van der Waals surface area contributed by atoms with Gasteiger partial charge in [0, 0.05) is 39.8 Å². The Kier molecular flexibility index (Phi) is 7.41.